The van der Waals surface area contributed by atoms with E-state index in [-0.39, 0.29) is 57.4 Å². The second-order valence-corrected chi connectivity index (χ2v) is 45.1. The summed E-state index contributed by atoms with van der Waals surface area (Å²) in [4.78, 5) is 2.38. The number of hydrogen-bond donors (Lipinski definition) is 0. The van der Waals surface area contributed by atoms with Gasteiger partial charge in [0.2, 0.25) is 0 Å². The molecule has 0 amide bonds. The summed E-state index contributed by atoms with van der Waals surface area (Å²) in [6.45, 7) is 60.7. The van der Waals surface area contributed by atoms with Gasteiger partial charge in [0.15, 0.2) is 0 Å². The number of aryl methyl sites for hydroxylation is 3. The Hall–Kier alpha value is -9.56. The SMILES string of the molecule is C.C.C.C.C.C.C.CC.CC(C)(C)C(Cc1ccccc1)Cc1ccccc1.CC(C)(C)C(Cc1ccccc1)Cc1ccccc1.CC(C)(C)C1CCCc2ccccc21.CC(C)(C)C1CCc2ccccc21.CC(C)(C)CC(c1ccccc1)c1ccccc1.CC(C)(C)CN(c1ccccc1)c1ccccc1.CC(C)(C)Cc1ccccc1.CC(C)(C)c1cccc2c1CCCC2. The van der Waals surface area contributed by atoms with Gasteiger partial charge in [-0.05, 0) is 265 Å². The molecule has 15 rings (SSSR count). The van der Waals surface area contributed by atoms with Crippen LogP contribution in [-0.2, 0) is 63.2 Å². The second kappa shape index (κ2) is 60.9. The van der Waals surface area contributed by atoms with Gasteiger partial charge in [-0.3, -0.25) is 0 Å². The van der Waals surface area contributed by atoms with Crippen molar-refractivity contribution in [3.63, 3.8) is 0 Å². The van der Waals surface area contributed by atoms with Gasteiger partial charge in [-0.1, -0.05) is 547 Å². The third-order valence-electron chi connectivity index (χ3n) is 25.1. The molecule has 0 N–H and O–H groups in total. The highest BCUT2D eigenvalue weighted by atomic mass is 15.1. The molecule has 0 saturated heterocycles. The zero-order valence-corrected chi connectivity index (χ0v) is 85.0. The normalized spacial score (nSPS) is 13.4. The van der Waals surface area contributed by atoms with E-state index in [9.17, 15) is 0 Å². The van der Waals surface area contributed by atoms with Gasteiger partial charge in [0, 0.05) is 23.8 Å². The van der Waals surface area contributed by atoms with Crippen molar-refractivity contribution in [1.29, 1.82) is 0 Å². The Kier molecular flexibility index (Phi) is 56.6. The lowest BCUT2D eigenvalue weighted by Crippen LogP contribution is -2.28. The van der Waals surface area contributed by atoms with Crippen LogP contribution >= 0.6 is 0 Å². The standard InChI is InChI=1S/2C19H24.C18H22.C17H21N.2C14H20.C13H18.C11H16.C2H6.7CH4/c2*1-19(2,3)18(14-16-10-6-4-7-11-16)15-17-12-8-5-9-13-17;1-18(2,3)14-17(15-10-6-4-7-11-15)16-12-8-5-9-13-16;1-17(2,3)14-18(15-10-6-4-7-11-15)16-12-8-5-9-13-16;2*1-14(2,3)13-10-6-8-11-7-4-5-9-12(11)13;1-13(2,3)12-9-8-10-6-4-5-7-11(10)12;1-11(2,3)9-10-7-5-4-6-8-10;1-2;;;;;;;/h2*4-13,18H,14-15H2,1-3H3;4-13,17H,14H2,1-3H3;4-13H,14H2,1-3H3;6,8,10H,4-5,7,9H2,1-3H3;4-5,7,9,13H,6,8,10H2,1-3H3;4-7,12H,8-9H2,1-3H3;4-8H,9H2,1-3H3;1-2H3;7*1H4. The van der Waals surface area contributed by atoms with Gasteiger partial charge in [-0.2, -0.15) is 0 Å². The molecule has 12 aromatic carbocycles. The van der Waals surface area contributed by atoms with E-state index in [1.54, 1.807) is 38.9 Å². The van der Waals surface area contributed by atoms with Crippen molar-refractivity contribution in [3.05, 3.63) is 418 Å². The molecule has 12 aromatic rings. The first-order valence-corrected chi connectivity index (χ1v) is 49.0. The molecule has 0 fully saturated rings. The highest BCUT2D eigenvalue weighted by Crippen LogP contribution is 2.46. The maximum Gasteiger partial charge on any atom is 0.0410 e. The van der Waals surface area contributed by atoms with Crippen LogP contribution in [0.5, 0.6) is 0 Å². The lowest BCUT2D eigenvalue weighted by atomic mass is 9.69. The van der Waals surface area contributed by atoms with Crippen LogP contribution in [0, 0.1) is 49.7 Å². The van der Waals surface area contributed by atoms with Gasteiger partial charge in [0.25, 0.3) is 0 Å². The molecule has 0 radical (unpaired) electrons. The molecule has 2 unspecified atom stereocenters. The molecule has 3 aliphatic carbocycles. The smallest absolute Gasteiger partial charge is 0.0410 e. The van der Waals surface area contributed by atoms with Crippen LogP contribution in [0.25, 0.3) is 0 Å². The second-order valence-electron chi connectivity index (χ2n) is 45.1. The van der Waals surface area contributed by atoms with Crippen molar-refractivity contribution >= 4 is 11.4 Å². The van der Waals surface area contributed by atoms with Gasteiger partial charge in [-0.25, -0.2) is 0 Å². The molecule has 740 valence electrons. The number of nitrogens with zero attached hydrogens (tertiary/aromatic N) is 1. The molecular weight excluding hydrogens is 1620 g/mol. The van der Waals surface area contributed by atoms with Crippen molar-refractivity contribution in [3.8, 4) is 0 Å². The Morgan fingerprint density at radius 3 is 0.874 bits per heavy atom. The van der Waals surface area contributed by atoms with E-state index >= 15 is 0 Å². The Morgan fingerprint density at radius 1 is 0.267 bits per heavy atom. The Morgan fingerprint density at radius 2 is 0.556 bits per heavy atom. The van der Waals surface area contributed by atoms with Crippen molar-refractivity contribution in [2.24, 2.45) is 49.7 Å². The fourth-order valence-electron chi connectivity index (χ4n) is 18.2. The van der Waals surface area contributed by atoms with E-state index in [1.807, 2.05) is 13.8 Å². The van der Waals surface area contributed by atoms with Crippen molar-refractivity contribution in [2.45, 2.75) is 351 Å². The zero-order chi connectivity index (χ0) is 93.6. The largest absolute Gasteiger partial charge is 0.341 e. The fraction of sp³-hybridized carbons (Fsp3) is 0.463. The quantitative estimate of drug-likeness (QED) is 0.0989. The van der Waals surface area contributed by atoms with E-state index in [2.05, 4.69) is 511 Å². The number of benzene rings is 12. The maximum atomic E-state index is 2.38. The summed E-state index contributed by atoms with van der Waals surface area (Å²) >= 11 is 0. The van der Waals surface area contributed by atoms with Crippen molar-refractivity contribution in [1.82, 2.24) is 0 Å². The fourth-order valence-corrected chi connectivity index (χ4v) is 18.2. The van der Waals surface area contributed by atoms with Crippen molar-refractivity contribution in [2.75, 3.05) is 11.4 Å². The highest BCUT2D eigenvalue weighted by Gasteiger charge is 2.34. The first-order chi connectivity index (χ1) is 60.6. The first kappa shape index (κ1) is 125. The van der Waals surface area contributed by atoms with Gasteiger partial charge in [-0.15, -0.1) is 0 Å². The molecule has 135 heavy (non-hydrogen) atoms. The molecule has 3 aliphatic rings. The summed E-state index contributed by atoms with van der Waals surface area (Å²) in [5.41, 5.74) is 26.5. The average Bonchev–Trinajstić information content (AvgIpc) is 1.79. The predicted molar refractivity (Wildman–Crippen MR) is 613 cm³/mol. The van der Waals surface area contributed by atoms with Crippen LogP contribution in [0.4, 0.5) is 11.4 Å². The van der Waals surface area contributed by atoms with Crippen LogP contribution in [0.1, 0.15) is 366 Å². The minimum Gasteiger partial charge on any atom is -0.341 e. The molecule has 1 heteroatoms. The van der Waals surface area contributed by atoms with E-state index in [1.165, 1.54) is 115 Å². The summed E-state index contributed by atoms with van der Waals surface area (Å²) in [5, 5.41) is 0. The van der Waals surface area contributed by atoms with Gasteiger partial charge < -0.3 is 4.90 Å². The summed E-state index contributed by atoms with van der Waals surface area (Å²) < 4.78 is 0. The average molecular weight is 1820 g/mol. The topological polar surface area (TPSA) is 3.24 Å². The molecule has 0 aromatic heterocycles. The predicted octanol–water partition coefficient (Wildman–Crippen LogP) is 40.9. The monoisotopic (exact) mass is 1820 g/mol. The number of rotatable bonds is 15. The molecule has 0 heterocycles. The van der Waals surface area contributed by atoms with Gasteiger partial charge in [0.1, 0.15) is 0 Å². The number of hydrogen-bond acceptors (Lipinski definition) is 1. The van der Waals surface area contributed by atoms with Gasteiger partial charge in [0.05, 0.1) is 0 Å². The number of para-hydroxylation sites is 2. The molecule has 0 spiro atoms. The minimum absolute atomic E-state index is 0. The minimum atomic E-state index is 0. The Labute approximate surface area is 836 Å². The zero-order valence-electron chi connectivity index (χ0n) is 85.0. The Bertz CT molecular complexity index is 4580. The van der Waals surface area contributed by atoms with Crippen LogP contribution in [0.3, 0.4) is 0 Å². The van der Waals surface area contributed by atoms with E-state index in [4.69, 9.17) is 0 Å². The number of fused-ring (bicyclic) bond motifs is 3. The lowest BCUT2D eigenvalue weighted by molar-refractivity contribution is 0.237. The number of anilines is 2. The highest BCUT2D eigenvalue weighted by molar-refractivity contribution is 5.63. The van der Waals surface area contributed by atoms with E-state index in [0.29, 0.717) is 55.7 Å². The lowest BCUT2D eigenvalue weighted by Gasteiger charge is -2.35. The molecule has 0 bridgehead atoms. The van der Waals surface area contributed by atoms with Crippen LogP contribution in [-0.4, -0.2) is 6.54 Å². The summed E-state index contributed by atoms with van der Waals surface area (Å²) in [6.07, 6.45) is 18.9. The molecule has 0 aliphatic heterocycles. The van der Waals surface area contributed by atoms with Crippen LogP contribution < -0.4 is 4.90 Å². The molecule has 2 atom stereocenters. The molecule has 1 nitrogen and oxygen atoms in total. The maximum absolute atomic E-state index is 2.38. The first-order valence-electron chi connectivity index (χ1n) is 49.0. The van der Waals surface area contributed by atoms with E-state index < -0.39 is 0 Å². The summed E-state index contributed by atoms with van der Waals surface area (Å²) in [7, 11) is 0. The van der Waals surface area contributed by atoms with Crippen LogP contribution in [0.15, 0.2) is 340 Å². The van der Waals surface area contributed by atoms with Gasteiger partial charge >= 0.3 is 0 Å². The third kappa shape index (κ3) is 46.0. The van der Waals surface area contributed by atoms with Crippen LogP contribution in [0.2, 0.25) is 0 Å². The third-order valence-corrected chi connectivity index (χ3v) is 25.1. The summed E-state index contributed by atoms with van der Waals surface area (Å²) in [5.74, 6) is 3.35. The molecular formula is C134H199N. The van der Waals surface area contributed by atoms with Crippen molar-refractivity contribution < 1.29 is 0 Å². The Balaban J connectivity index is 0.00000151. The summed E-state index contributed by atoms with van der Waals surface area (Å²) in [6, 6.07) is 122. The molecule has 0 saturated carbocycles. The van der Waals surface area contributed by atoms with E-state index in [0.717, 1.165) is 50.5 Å².